The van der Waals surface area contributed by atoms with E-state index in [9.17, 15) is 0 Å². The molecule has 0 saturated heterocycles. The minimum absolute atomic E-state index is 0.732. The molecule has 0 spiro atoms. The third-order valence-electron chi connectivity index (χ3n) is 2.04. The molecule has 0 amide bonds. The van der Waals surface area contributed by atoms with Crippen molar-refractivity contribution in [1.82, 2.24) is 4.98 Å². The number of pyridine rings is 1. The minimum atomic E-state index is 0.732. The molecule has 0 aliphatic carbocycles. The number of aryl methyl sites for hydroxylation is 1. The molecule has 1 rings (SSSR count). The molecule has 0 bridgehead atoms. The number of nitrogens with zero attached hydrogens (tertiary/aromatic N) is 2. The number of aromatic nitrogens is 1. The molecule has 13 heavy (non-hydrogen) atoms. The molecule has 72 valence electrons. The van der Waals surface area contributed by atoms with Gasteiger partial charge in [-0.2, -0.15) is 0 Å². The summed E-state index contributed by atoms with van der Waals surface area (Å²) in [5.74, 6) is 1.05. The second kappa shape index (κ2) is 4.82. The van der Waals surface area contributed by atoms with Gasteiger partial charge in [0.05, 0.1) is 0 Å². The molecule has 0 unspecified atom stereocenters. The van der Waals surface area contributed by atoms with E-state index in [0.29, 0.717) is 0 Å². The number of rotatable bonds is 4. The Morgan fingerprint density at radius 3 is 2.92 bits per heavy atom. The first-order valence-electron chi connectivity index (χ1n) is 4.58. The average molecular weight is 179 g/mol. The smallest absolute Gasteiger partial charge is 0.131 e. The van der Waals surface area contributed by atoms with Crippen LogP contribution in [0.25, 0.3) is 0 Å². The molecule has 0 aliphatic heterocycles. The quantitative estimate of drug-likeness (QED) is 0.754. The van der Waals surface area contributed by atoms with Crippen LogP contribution in [0.3, 0.4) is 0 Å². The summed E-state index contributed by atoms with van der Waals surface area (Å²) < 4.78 is 0. The Morgan fingerprint density at radius 2 is 2.31 bits per heavy atom. The first-order chi connectivity index (χ1) is 6.25. The Kier molecular flexibility index (Phi) is 3.71. The van der Waals surface area contributed by atoms with Gasteiger partial charge in [0.2, 0.25) is 0 Å². The van der Waals surface area contributed by atoms with Crippen molar-refractivity contribution in [3.63, 3.8) is 0 Å². The van der Waals surface area contributed by atoms with Crippen molar-refractivity contribution in [2.75, 3.05) is 25.0 Å². The fourth-order valence-electron chi connectivity index (χ4n) is 1.31. The van der Waals surface area contributed by atoms with E-state index >= 15 is 0 Å². The zero-order valence-electron chi connectivity index (χ0n) is 8.33. The summed E-state index contributed by atoms with van der Waals surface area (Å²) in [6.07, 6.45) is 2.83. The minimum Gasteiger partial charge on any atom is -0.359 e. The lowest BCUT2D eigenvalue weighted by Gasteiger charge is -2.19. The van der Waals surface area contributed by atoms with Crippen LogP contribution in [0.4, 0.5) is 5.82 Å². The number of anilines is 1. The molecule has 1 heterocycles. The zero-order chi connectivity index (χ0) is 9.68. The van der Waals surface area contributed by atoms with Gasteiger partial charge in [-0.1, -0.05) is 6.07 Å². The summed E-state index contributed by atoms with van der Waals surface area (Å²) in [6, 6.07) is 4.02. The molecule has 0 aliphatic rings. The van der Waals surface area contributed by atoms with Gasteiger partial charge < -0.3 is 10.6 Å². The summed E-state index contributed by atoms with van der Waals surface area (Å²) in [4.78, 5) is 6.46. The molecule has 0 saturated carbocycles. The lowest BCUT2D eigenvalue weighted by molar-refractivity contribution is 0.784. The van der Waals surface area contributed by atoms with Crippen molar-refractivity contribution in [2.45, 2.75) is 13.3 Å². The van der Waals surface area contributed by atoms with E-state index in [-0.39, 0.29) is 0 Å². The number of nitrogens with two attached hydrogens (primary N) is 1. The molecule has 1 aromatic rings. The van der Waals surface area contributed by atoms with Crippen molar-refractivity contribution >= 4 is 5.82 Å². The van der Waals surface area contributed by atoms with Crippen LogP contribution in [0.5, 0.6) is 0 Å². The van der Waals surface area contributed by atoms with Crippen LogP contribution in [0.1, 0.15) is 12.0 Å². The molecule has 3 heteroatoms. The Hall–Kier alpha value is -1.09. The fraction of sp³-hybridized carbons (Fsp3) is 0.500. The molecule has 2 N–H and O–H groups in total. The van der Waals surface area contributed by atoms with Gasteiger partial charge in [-0.25, -0.2) is 4.98 Å². The van der Waals surface area contributed by atoms with Gasteiger partial charge in [-0.05, 0) is 31.5 Å². The summed E-state index contributed by atoms with van der Waals surface area (Å²) in [6.45, 7) is 3.77. The first kappa shape index (κ1) is 9.99. The van der Waals surface area contributed by atoms with Gasteiger partial charge in [-0.15, -0.1) is 0 Å². The van der Waals surface area contributed by atoms with Crippen LogP contribution in [-0.2, 0) is 0 Å². The summed E-state index contributed by atoms with van der Waals surface area (Å²) in [5, 5.41) is 0. The van der Waals surface area contributed by atoms with E-state index in [1.165, 1.54) is 5.56 Å². The van der Waals surface area contributed by atoms with E-state index in [1.54, 1.807) is 0 Å². The van der Waals surface area contributed by atoms with Crippen LogP contribution < -0.4 is 10.6 Å². The van der Waals surface area contributed by atoms with Crippen LogP contribution in [0.2, 0.25) is 0 Å². The molecule has 3 nitrogen and oxygen atoms in total. The SMILES string of the molecule is Cc1cccnc1N(C)CCCN. The normalized spacial score (nSPS) is 10.1. The molecule has 0 aromatic carbocycles. The second-order valence-electron chi connectivity index (χ2n) is 3.21. The van der Waals surface area contributed by atoms with Crippen LogP contribution >= 0.6 is 0 Å². The summed E-state index contributed by atoms with van der Waals surface area (Å²) in [7, 11) is 2.05. The molecular weight excluding hydrogens is 162 g/mol. The number of hydrogen-bond acceptors (Lipinski definition) is 3. The molecule has 0 fully saturated rings. The standard InChI is InChI=1S/C10H17N3/c1-9-5-3-7-12-10(9)13(2)8-4-6-11/h3,5,7H,4,6,8,11H2,1-2H3. The Labute approximate surface area is 79.6 Å². The molecule has 0 atom stereocenters. The lowest BCUT2D eigenvalue weighted by atomic mass is 10.2. The zero-order valence-corrected chi connectivity index (χ0v) is 8.33. The van der Waals surface area contributed by atoms with Crippen LogP contribution in [0, 0.1) is 6.92 Å². The highest BCUT2D eigenvalue weighted by molar-refractivity contribution is 5.44. The Morgan fingerprint density at radius 1 is 1.54 bits per heavy atom. The third-order valence-corrected chi connectivity index (χ3v) is 2.04. The summed E-state index contributed by atoms with van der Waals surface area (Å²) >= 11 is 0. The summed E-state index contributed by atoms with van der Waals surface area (Å²) in [5.41, 5.74) is 6.66. The van der Waals surface area contributed by atoms with Crippen molar-refractivity contribution < 1.29 is 0 Å². The lowest BCUT2D eigenvalue weighted by Crippen LogP contribution is -2.22. The maximum absolute atomic E-state index is 5.45. The van der Waals surface area contributed by atoms with Gasteiger partial charge in [0.25, 0.3) is 0 Å². The fourth-order valence-corrected chi connectivity index (χ4v) is 1.31. The Bertz CT molecular complexity index is 260. The maximum atomic E-state index is 5.45. The van der Waals surface area contributed by atoms with Crippen molar-refractivity contribution in [1.29, 1.82) is 0 Å². The second-order valence-corrected chi connectivity index (χ2v) is 3.21. The molecular formula is C10H17N3. The van der Waals surface area contributed by atoms with Crippen LogP contribution in [-0.4, -0.2) is 25.1 Å². The van der Waals surface area contributed by atoms with E-state index in [2.05, 4.69) is 22.9 Å². The van der Waals surface area contributed by atoms with Crippen LogP contribution in [0.15, 0.2) is 18.3 Å². The highest BCUT2D eigenvalue weighted by Gasteiger charge is 2.03. The highest BCUT2D eigenvalue weighted by Crippen LogP contribution is 2.13. The van der Waals surface area contributed by atoms with Gasteiger partial charge in [0.15, 0.2) is 0 Å². The molecule has 0 radical (unpaired) electrons. The number of hydrogen-bond donors (Lipinski definition) is 1. The van der Waals surface area contributed by atoms with Crippen molar-refractivity contribution in [3.05, 3.63) is 23.9 Å². The average Bonchev–Trinajstić information content (AvgIpc) is 2.15. The monoisotopic (exact) mass is 179 g/mol. The van der Waals surface area contributed by atoms with Crippen molar-refractivity contribution in [2.24, 2.45) is 5.73 Å². The first-order valence-corrected chi connectivity index (χ1v) is 4.58. The van der Waals surface area contributed by atoms with E-state index < -0.39 is 0 Å². The molecule has 1 aromatic heterocycles. The van der Waals surface area contributed by atoms with Gasteiger partial charge in [0.1, 0.15) is 5.82 Å². The maximum Gasteiger partial charge on any atom is 0.131 e. The van der Waals surface area contributed by atoms with Crippen molar-refractivity contribution in [3.8, 4) is 0 Å². The van der Waals surface area contributed by atoms with E-state index in [1.807, 2.05) is 19.3 Å². The van der Waals surface area contributed by atoms with Gasteiger partial charge >= 0.3 is 0 Å². The van der Waals surface area contributed by atoms with Gasteiger partial charge in [0, 0.05) is 19.8 Å². The predicted molar refractivity (Wildman–Crippen MR) is 55.9 cm³/mol. The van der Waals surface area contributed by atoms with E-state index in [0.717, 1.165) is 25.3 Å². The third kappa shape index (κ3) is 2.70. The largest absolute Gasteiger partial charge is 0.359 e. The highest BCUT2D eigenvalue weighted by atomic mass is 15.2. The van der Waals surface area contributed by atoms with E-state index in [4.69, 9.17) is 5.73 Å². The van der Waals surface area contributed by atoms with Gasteiger partial charge in [-0.3, -0.25) is 0 Å². The predicted octanol–water partition coefficient (Wildman–Crippen LogP) is 1.18. The topological polar surface area (TPSA) is 42.2 Å². The Balaban J connectivity index is 2.65.